The molecule has 2 aliphatic heterocycles. The van der Waals surface area contributed by atoms with E-state index in [1.807, 2.05) is 0 Å². The standard InChI is InChI=1S/C17H21FN4O3/c1-17(11-4-6-12(18)7-5-11)15(24)22(16(25)21-17)10-14(23)20-13-3-2-8-19-9-13/h4-7,13,19H,2-3,8-10H2,1H3,(H,20,23)(H,21,25)/t13-,17?/m0/s1. The summed E-state index contributed by atoms with van der Waals surface area (Å²) in [5.41, 5.74) is -0.844. The average molecular weight is 348 g/mol. The van der Waals surface area contributed by atoms with E-state index in [0.717, 1.165) is 24.3 Å². The third-order valence-electron chi connectivity index (χ3n) is 4.66. The minimum Gasteiger partial charge on any atom is -0.351 e. The third kappa shape index (κ3) is 3.48. The maximum absolute atomic E-state index is 13.1. The maximum Gasteiger partial charge on any atom is 0.325 e. The van der Waals surface area contributed by atoms with Crippen molar-refractivity contribution in [1.29, 1.82) is 0 Å². The van der Waals surface area contributed by atoms with Crippen LogP contribution in [0.15, 0.2) is 24.3 Å². The zero-order valence-corrected chi connectivity index (χ0v) is 14.0. The van der Waals surface area contributed by atoms with Crippen LogP contribution >= 0.6 is 0 Å². The molecule has 8 heteroatoms. The molecule has 7 nitrogen and oxygen atoms in total. The topological polar surface area (TPSA) is 90.5 Å². The second-order valence-electron chi connectivity index (χ2n) is 6.56. The highest BCUT2D eigenvalue weighted by Crippen LogP contribution is 2.28. The molecule has 2 heterocycles. The van der Waals surface area contributed by atoms with E-state index in [9.17, 15) is 18.8 Å². The fraction of sp³-hybridized carbons (Fsp3) is 0.471. The predicted octanol–water partition coefficient (Wildman–Crippen LogP) is 0.461. The molecule has 0 radical (unpaired) electrons. The molecule has 1 aromatic carbocycles. The Kier molecular flexibility index (Phi) is 4.71. The second-order valence-corrected chi connectivity index (χ2v) is 6.56. The van der Waals surface area contributed by atoms with Crippen LogP contribution in [0.4, 0.5) is 9.18 Å². The van der Waals surface area contributed by atoms with Crippen LogP contribution < -0.4 is 16.0 Å². The molecule has 2 atom stereocenters. The molecular formula is C17H21FN4O3. The molecule has 1 unspecified atom stereocenters. The molecule has 3 N–H and O–H groups in total. The number of piperidine rings is 1. The summed E-state index contributed by atoms with van der Waals surface area (Å²) in [5.74, 6) is -1.33. The molecule has 0 saturated carbocycles. The lowest BCUT2D eigenvalue weighted by molar-refractivity contribution is -0.135. The molecule has 134 valence electrons. The number of nitrogens with one attached hydrogen (secondary N) is 3. The summed E-state index contributed by atoms with van der Waals surface area (Å²) in [6.45, 7) is 2.82. The van der Waals surface area contributed by atoms with Gasteiger partial charge < -0.3 is 16.0 Å². The Bertz CT molecular complexity index is 688. The van der Waals surface area contributed by atoms with E-state index in [1.54, 1.807) is 6.92 Å². The number of benzene rings is 1. The van der Waals surface area contributed by atoms with Crippen LogP contribution in [0.5, 0.6) is 0 Å². The summed E-state index contributed by atoms with van der Waals surface area (Å²) in [6.07, 6.45) is 1.84. The van der Waals surface area contributed by atoms with Gasteiger partial charge in [-0.1, -0.05) is 12.1 Å². The number of imide groups is 1. The molecule has 0 bridgehead atoms. The first-order valence-electron chi connectivity index (χ1n) is 8.30. The Morgan fingerprint density at radius 2 is 2.08 bits per heavy atom. The fourth-order valence-electron chi connectivity index (χ4n) is 3.21. The highest BCUT2D eigenvalue weighted by molar-refractivity contribution is 6.09. The van der Waals surface area contributed by atoms with Crippen LogP contribution in [0.1, 0.15) is 25.3 Å². The minimum absolute atomic E-state index is 0.00509. The Morgan fingerprint density at radius 1 is 1.36 bits per heavy atom. The monoisotopic (exact) mass is 348 g/mol. The first kappa shape index (κ1) is 17.3. The summed E-state index contributed by atoms with van der Waals surface area (Å²) in [5, 5.41) is 8.62. The molecule has 1 aromatic rings. The highest BCUT2D eigenvalue weighted by atomic mass is 19.1. The van der Waals surface area contributed by atoms with E-state index in [2.05, 4.69) is 16.0 Å². The average Bonchev–Trinajstić information content (AvgIpc) is 2.80. The fourth-order valence-corrected chi connectivity index (χ4v) is 3.21. The van der Waals surface area contributed by atoms with Crippen molar-refractivity contribution >= 4 is 17.8 Å². The Labute approximate surface area is 144 Å². The van der Waals surface area contributed by atoms with Gasteiger partial charge in [-0.15, -0.1) is 0 Å². The SMILES string of the molecule is CC1(c2ccc(F)cc2)NC(=O)N(CC(=O)N[C@H]2CCCNC2)C1=O. The van der Waals surface area contributed by atoms with Gasteiger partial charge in [0.2, 0.25) is 5.91 Å². The number of carbonyl (C=O) groups excluding carboxylic acids is 3. The van der Waals surface area contributed by atoms with Crippen molar-refractivity contribution in [3.8, 4) is 0 Å². The number of amides is 4. The van der Waals surface area contributed by atoms with E-state index in [0.29, 0.717) is 12.1 Å². The number of urea groups is 1. The van der Waals surface area contributed by atoms with Crippen LogP contribution in [0.3, 0.4) is 0 Å². The van der Waals surface area contributed by atoms with Crippen molar-refractivity contribution in [2.24, 2.45) is 0 Å². The number of nitrogens with zero attached hydrogens (tertiary/aromatic N) is 1. The molecule has 0 spiro atoms. The van der Waals surface area contributed by atoms with Crippen molar-refractivity contribution in [3.05, 3.63) is 35.6 Å². The van der Waals surface area contributed by atoms with Gasteiger partial charge in [0.1, 0.15) is 17.9 Å². The Morgan fingerprint density at radius 3 is 2.72 bits per heavy atom. The van der Waals surface area contributed by atoms with Crippen molar-refractivity contribution in [2.45, 2.75) is 31.3 Å². The third-order valence-corrected chi connectivity index (χ3v) is 4.66. The summed E-state index contributed by atoms with van der Waals surface area (Å²) >= 11 is 0. The first-order valence-corrected chi connectivity index (χ1v) is 8.30. The summed E-state index contributed by atoms with van der Waals surface area (Å²) in [4.78, 5) is 38.0. The van der Waals surface area contributed by atoms with Gasteiger partial charge in [-0.3, -0.25) is 14.5 Å². The van der Waals surface area contributed by atoms with Crippen molar-refractivity contribution < 1.29 is 18.8 Å². The number of rotatable bonds is 4. The first-order chi connectivity index (χ1) is 11.9. The molecule has 3 rings (SSSR count). The predicted molar refractivity (Wildman–Crippen MR) is 88.0 cm³/mol. The van der Waals surface area contributed by atoms with E-state index in [1.165, 1.54) is 24.3 Å². The van der Waals surface area contributed by atoms with Crippen molar-refractivity contribution in [2.75, 3.05) is 19.6 Å². The molecular weight excluding hydrogens is 327 g/mol. The molecule has 0 aliphatic carbocycles. The van der Waals surface area contributed by atoms with Crippen molar-refractivity contribution in [1.82, 2.24) is 20.9 Å². The van der Waals surface area contributed by atoms with Gasteiger partial charge in [-0.25, -0.2) is 9.18 Å². The number of hydrogen-bond donors (Lipinski definition) is 3. The summed E-state index contributed by atoms with van der Waals surface area (Å²) < 4.78 is 13.1. The Balaban J connectivity index is 1.68. The van der Waals surface area contributed by atoms with Gasteiger partial charge in [-0.05, 0) is 44.0 Å². The maximum atomic E-state index is 13.1. The van der Waals surface area contributed by atoms with Gasteiger partial charge in [0, 0.05) is 12.6 Å². The van der Waals surface area contributed by atoms with Gasteiger partial charge in [-0.2, -0.15) is 0 Å². The number of carbonyl (C=O) groups is 3. The van der Waals surface area contributed by atoms with Crippen LogP contribution in [-0.2, 0) is 15.1 Å². The van der Waals surface area contributed by atoms with Crippen LogP contribution in [0.2, 0.25) is 0 Å². The van der Waals surface area contributed by atoms with E-state index in [-0.39, 0.29) is 18.5 Å². The van der Waals surface area contributed by atoms with Crippen LogP contribution in [0, 0.1) is 5.82 Å². The van der Waals surface area contributed by atoms with Gasteiger partial charge in [0.15, 0.2) is 0 Å². The van der Waals surface area contributed by atoms with Crippen LogP contribution in [-0.4, -0.2) is 48.4 Å². The van der Waals surface area contributed by atoms with Crippen molar-refractivity contribution in [3.63, 3.8) is 0 Å². The normalized spacial score (nSPS) is 26.5. The second kappa shape index (κ2) is 6.79. The summed E-state index contributed by atoms with van der Waals surface area (Å²) in [7, 11) is 0. The lowest BCUT2D eigenvalue weighted by atomic mass is 9.92. The molecule has 2 fully saturated rings. The largest absolute Gasteiger partial charge is 0.351 e. The summed E-state index contributed by atoms with van der Waals surface area (Å²) in [6, 6.07) is 4.73. The van der Waals surface area contributed by atoms with E-state index >= 15 is 0 Å². The Hall–Kier alpha value is -2.48. The van der Waals surface area contributed by atoms with Gasteiger partial charge >= 0.3 is 6.03 Å². The molecule has 2 saturated heterocycles. The zero-order valence-electron chi connectivity index (χ0n) is 14.0. The molecule has 4 amide bonds. The molecule has 2 aliphatic rings. The number of hydrogen-bond acceptors (Lipinski definition) is 4. The highest BCUT2D eigenvalue weighted by Gasteiger charge is 2.49. The lowest BCUT2D eigenvalue weighted by Gasteiger charge is -2.25. The molecule has 0 aromatic heterocycles. The zero-order chi connectivity index (χ0) is 18.0. The smallest absolute Gasteiger partial charge is 0.325 e. The molecule has 25 heavy (non-hydrogen) atoms. The van der Waals surface area contributed by atoms with Gasteiger partial charge in [0.25, 0.3) is 5.91 Å². The number of halogens is 1. The van der Waals surface area contributed by atoms with Gasteiger partial charge in [0.05, 0.1) is 0 Å². The minimum atomic E-state index is -1.31. The lowest BCUT2D eigenvalue weighted by Crippen LogP contribution is -2.49. The van der Waals surface area contributed by atoms with E-state index in [4.69, 9.17) is 0 Å². The van der Waals surface area contributed by atoms with Crippen LogP contribution in [0.25, 0.3) is 0 Å². The quantitative estimate of drug-likeness (QED) is 0.690. The van der Waals surface area contributed by atoms with E-state index < -0.39 is 23.3 Å².